The Morgan fingerprint density at radius 3 is 2.75 bits per heavy atom. The lowest BCUT2D eigenvalue weighted by molar-refractivity contribution is 1.10. The topological polar surface area (TPSA) is 38.7 Å². The fourth-order valence-electron chi connectivity index (χ4n) is 1.02. The van der Waals surface area contributed by atoms with Gasteiger partial charge in [-0.2, -0.15) is 4.37 Å². The molecule has 0 aromatic carbocycles. The molecule has 2 heterocycles. The lowest BCUT2D eigenvalue weighted by Gasteiger charge is -2.01. The molecular weight excluding hydrogens is 285 g/mol. The third-order valence-electron chi connectivity index (χ3n) is 1.75. The van der Waals surface area contributed by atoms with E-state index in [4.69, 9.17) is 23.2 Å². The van der Waals surface area contributed by atoms with E-state index in [0.29, 0.717) is 10.3 Å². The first kappa shape index (κ1) is 12.1. The van der Waals surface area contributed by atoms with E-state index in [0.717, 1.165) is 21.5 Å². The third-order valence-corrected chi connectivity index (χ3v) is 4.26. The van der Waals surface area contributed by atoms with Gasteiger partial charge < -0.3 is 0 Å². The zero-order chi connectivity index (χ0) is 11.5. The second-order valence-corrected chi connectivity index (χ2v) is 5.70. The Morgan fingerprint density at radius 2 is 2.12 bits per heavy atom. The summed E-state index contributed by atoms with van der Waals surface area (Å²) in [4.78, 5) is 8.23. The number of nitrogens with zero attached hydrogens (tertiary/aromatic N) is 3. The van der Waals surface area contributed by atoms with Crippen LogP contribution in [0.15, 0.2) is 16.5 Å². The number of hydrogen-bond acceptors (Lipinski definition) is 5. The van der Waals surface area contributed by atoms with Gasteiger partial charge in [0.1, 0.15) is 16.1 Å². The number of hydrogen-bond donors (Lipinski definition) is 0. The first-order valence-electron chi connectivity index (χ1n) is 4.39. The summed E-state index contributed by atoms with van der Waals surface area (Å²) in [5, 5.41) is 0.853. The molecule has 16 heavy (non-hydrogen) atoms. The van der Waals surface area contributed by atoms with Gasteiger partial charge in [0.15, 0.2) is 4.34 Å². The molecular formula is C9H7Cl2N3S2. The summed E-state index contributed by atoms with van der Waals surface area (Å²) in [5.74, 6) is 1.52. The molecule has 2 aromatic rings. The quantitative estimate of drug-likeness (QED) is 0.636. The van der Waals surface area contributed by atoms with Crippen molar-refractivity contribution in [1.82, 2.24) is 14.3 Å². The SMILES string of the molecule is Cc1nsc(SCc2ccc(Cl)nc2Cl)n1. The van der Waals surface area contributed by atoms with Crippen molar-refractivity contribution >= 4 is 46.5 Å². The van der Waals surface area contributed by atoms with Gasteiger partial charge in [-0.25, -0.2) is 9.97 Å². The molecule has 0 spiro atoms. The summed E-state index contributed by atoms with van der Waals surface area (Å²) in [7, 11) is 0. The van der Waals surface area contributed by atoms with Crippen LogP contribution in [0.5, 0.6) is 0 Å². The standard InChI is InChI=1S/C9H7Cl2N3S2/c1-5-12-9(16-14-5)15-4-6-2-3-7(10)13-8(6)11/h2-3H,4H2,1H3. The van der Waals surface area contributed by atoms with Crippen LogP contribution in [0.1, 0.15) is 11.4 Å². The Bertz CT molecular complexity index is 501. The van der Waals surface area contributed by atoms with Crippen LogP contribution in [-0.4, -0.2) is 14.3 Å². The molecule has 0 unspecified atom stereocenters. The smallest absolute Gasteiger partial charge is 0.170 e. The van der Waals surface area contributed by atoms with E-state index in [1.165, 1.54) is 11.5 Å². The number of aryl methyl sites for hydroxylation is 1. The largest absolute Gasteiger partial charge is 0.224 e. The maximum atomic E-state index is 5.96. The van der Waals surface area contributed by atoms with Crippen LogP contribution in [0.25, 0.3) is 0 Å². The van der Waals surface area contributed by atoms with Crippen LogP contribution in [0.2, 0.25) is 10.3 Å². The highest BCUT2D eigenvalue weighted by Gasteiger charge is 2.06. The monoisotopic (exact) mass is 291 g/mol. The number of rotatable bonds is 3. The minimum atomic E-state index is 0.408. The lowest BCUT2D eigenvalue weighted by atomic mass is 10.3. The average molecular weight is 292 g/mol. The number of pyridine rings is 1. The average Bonchev–Trinajstić information content (AvgIpc) is 2.63. The van der Waals surface area contributed by atoms with Gasteiger partial charge in [0.05, 0.1) is 0 Å². The van der Waals surface area contributed by atoms with Crippen molar-refractivity contribution in [2.45, 2.75) is 17.0 Å². The molecule has 0 amide bonds. The Balaban J connectivity index is 2.04. The lowest BCUT2D eigenvalue weighted by Crippen LogP contribution is -1.86. The summed E-state index contributed by atoms with van der Waals surface area (Å²) in [6, 6.07) is 3.60. The molecule has 7 heteroatoms. The van der Waals surface area contributed by atoms with E-state index in [-0.39, 0.29) is 0 Å². The molecule has 0 bridgehead atoms. The second kappa shape index (κ2) is 5.31. The molecule has 0 saturated carbocycles. The predicted molar refractivity (Wildman–Crippen MR) is 68.5 cm³/mol. The molecule has 2 aromatic heterocycles. The Morgan fingerprint density at radius 1 is 1.31 bits per heavy atom. The molecule has 0 aliphatic heterocycles. The van der Waals surface area contributed by atoms with Gasteiger partial charge in [-0.3, -0.25) is 0 Å². The number of aromatic nitrogens is 3. The van der Waals surface area contributed by atoms with Gasteiger partial charge in [0.25, 0.3) is 0 Å². The van der Waals surface area contributed by atoms with E-state index in [9.17, 15) is 0 Å². The molecule has 0 radical (unpaired) electrons. The highest BCUT2D eigenvalue weighted by Crippen LogP contribution is 2.27. The van der Waals surface area contributed by atoms with Crippen LogP contribution in [0.4, 0.5) is 0 Å². The Labute approximate surface area is 111 Å². The molecule has 0 aliphatic rings. The van der Waals surface area contributed by atoms with Crippen molar-refractivity contribution in [2.24, 2.45) is 0 Å². The van der Waals surface area contributed by atoms with Crippen molar-refractivity contribution in [1.29, 1.82) is 0 Å². The molecule has 84 valence electrons. The van der Waals surface area contributed by atoms with Crippen molar-refractivity contribution in [3.63, 3.8) is 0 Å². The van der Waals surface area contributed by atoms with Crippen LogP contribution >= 0.6 is 46.5 Å². The van der Waals surface area contributed by atoms with Gasteiger partial charge in [-0.1, -0.05) is 41.0 Å². The maximum absolute atomic E-state index is 5.96. The molecule has 2 rings (SSSR count). The van der Waals surface area contributed by atoms with E-state index < -0.39 is 0 Å². The van der Waals surface area contributed by atoms with Gasteiger partial charge >= 0.3 is 0 Å². The zero-order valence-electron chi connectivity index (χ0n) is 8.28. The first-order chi connectivity index (χ1) is 7.65. The fourth-order valence-corrected chi connectivity index (χ4v) is 3.15. The molecule has 0 saturated heterocycles. The van der Waals surface area contributed by atoms with Gasteiger partial charge in [-0.05, 0) is 30.1 Å². The van der Waals surface area contributed by atoms with Crippen LogP contribution in [0, 0.1) is 6.92 Å². The second-order valence-electron chi connectivity index (χ2n) is 2.98. The van der Waals surface area contributed by atoms with E-state index in [1.54, 1.807) is 17.8 Å². The van der Waals surface area contributed by atoms with Gasteiger partial charge in [0.2, 0.25) is 0 Å². The summed E-state index contributed by atoms with van der Waals surface area (Å²) >= 11 is 14.7. The Kier molecular flexibility index (Phi) is 4.02. The minimum absolute atomic E-state index is 0.408. The van der Waals surface area contributed by atoms with Crippen LogP contribution in [0.3, 0.4) is 0 Å². The van der Waals surface area contributed by atoms with Crippen molar-refractivity contribution in [3.8, 4) is 0 Å². The third kappa shape index (κ3) is 3.07. The van der Waals surface area contributed by atoms with Crippen molar-refractivity contribution < 1.29 is 0 Å². The summed E-state index contributed by atoms with van der Waals surface area (Å²) < 4.78 is 5.04. The minimum Gasteiger partial charge on any atom is -0.224 e. The van der Waals surface area contributed by atoms with Crippen LogP contribution in [-0.2, 0) is 5.75 Å². The van der Waals surface area contributed by atoms with E-state index >= 15 is 0 Å². The predicted octanol–water partition coefficient (Wildman–Crippen LogP) is 3.84. The molecule has 0 fully saturated rings. The highest BCUT2D eigenvalue weighted by molar-refractivity contribution is 8.00. The zero-order valence-corrected chi connectivity index (χ0v) is 11.4. The van der Waals surface area contributed by atoms with Gasteiger partial charge in [-0.15, -0.1) is 0 Å². The molecule has 0 atom stereocenters. The highest BCUT2D eigenvalue weighted by atomic mass is 35.5. The number of thioether (sulfide) groups is 1. The van der Waals surface area contributed by atoms with Crippen LogP contribution < -0.4 is 0 Å². The first-order valence-corrected chi connectivity index (χ1v) is 6.90. The fraction of sp³-hybridized carbons (Fsp3) is 0.222. The van der Waals surface area contributed by atoms with E-state index in [1.807, 2.05) is 13.0 Å². The summed E-state index contributed by atoms with van der Waals surface area (Å²) in [6.07, 6.45) is 0. The summed E-state index contributed by atoms with van der Waals surface area (Å²) in [5.41, 5.74) is 0.948. The van der Waals surface area contributed by atoms with E-state index in [2.05, 4.69) is 14.3 Å². The summed E-state index contributed by atoms with van der Waals surface area (Å²) in [6.45, 7) is 1.87. The Hall–Kier alpha value is -0.360. The molecule has 3 nitrogen and oxygen atoms in total. The van der Waals surface area contributed by atoms with Crippen molar-refractivity contribution in [3.05, 3.63) is 33.8 Å². The number of halogens is 2. The molecule has 0 aliphatic carbocycles. The normalized spacial score (nSPS) is 10.7. The maximum Gasteiger partial charge on any atom is 0.170 e. The van der Waals surface area contributed by atoms with Crippen molar-refractivity contribution in [2.75, 3.05) is 0 Å². The molecule has 0 N–H and O–H groups in total. The van der Waals surface area contributed by atoms with Gasteiger partial charge in [0, 0.05) is 5.75 Å².